The third kappa shape index (κ3) is 5.86. The van der Waals surface area contributed by atoms with Crippen molar-refractivity contribution in [3.05, 3.63) is 259 Å². The van der Waals surface area contributed by atoms with Crippen LogP contribution in [-0.2, 0) is 5.41 Å². The molecule has 3 heteroatoms. The monoisotopic (exact) mass is 825 g/mol. The summed E-state index contributed by atoms with van der Waals surface area (Å²) < 4.78 is 0. The Morgan fingerprint density at radius 2 is 0.615 bits per heavy atom. The van der Waals surface area contributed by atoms with Gasteiger partial charge in [0.2, 0.25) is 0 Å². The Kier molecular flexibility index (Phi) is 8.44. The molecule has 0 saturated carbocycles. The first-order valence-electron chi connectivity index (χ1n) is 22.3. The van der Waals surface area contributed by atoms with Crippen molar-refractivity contribution < 1.29 is 0 Å². The molecule has 13 rings (SSSR count). The minimum Gasteiger partial charge on any atom is -0.208 e. The van der Waals surface area contributed by atoms with Gasteiger partial charge in [-0.05, 0) is 125 Å². The second-order valence-electron chi connectivity index (χ2n) is 17.1. The summed E-state index contributed by atoms with van der Waals surface area (Å²) in [6.07, 6.45) is 0. The molecule has 0 amide bonds. The molecule has 0 aliphatic heterocycles. The Labute approximate surface area is 378 Å². The number of fused-ring (bicyclic) bond motifs is 13. The first-order chi connectivity index (χ1) is 32.2. The van der Waals surface area contributed by atoms with Gasteiger partial charge in [-0.3, -0.25) is 0 Å². The van der Waals surface area contributed by atoms with Crippen molar-refractivity contribution in [2.45, 2.75) is 5.41 Å². The minimum atomic E-state index is -0.663. The molecule has 1 spiro atoms. The average Bonchev–Trinajstić information content (AvgIpc) is 3.61. The van der Waals surface area contributed by atoms with E-state index in [2.05, 4.69) is 218 Å². The Bertz CT molecular complexity index is 3600. The molecule has 2 aliphatic rings. The predicted molar refractivity (Wildman–Crippen MR) is 266 cm³/mol. The molecule has 2 aliphatic carbocycles. The normalized spacial score (nSPS) is 14.2. The SMILES string of the molecule is c1ccc(-c2cc(-c3ccccc3)cc(-c3nc(-c4ccccc4)nc(-c4ccc5c(c4)C4(c6ccccc6-c6ccccc6-5)c5ccccc5-c5cc6ccccc6cc54)n3)c2)cc1. The van der Waals surface area contributed by atoms with Gasteiger partial charge in [-0.1, -0.05) is 200 Å². The Morgan fingerprint density at radius 3 is 1.20 bits per heavy atom. The number of hydrogen-bond acceptors (Lipinski definition) is 3. The van der Waals surface area contributed by atoms with E-state index in [4.69, 9.17) is 15.0 Å². The van der Waals surface area contributed by atoms with Gasteiger partial charge in [-0.25, -0.2) is 15.0 Å². The van der Waals surface area contributed by atoms with Crippen molar-refractivity contribution in [2.24, 2.45) is 0 Å². The fraction of sp³-hybridized carbons (Fsp3) is 0.0161. The molecule has 0 saturated heterocycles. The van der Waals surface area contributed by atoms with Gasteiger partial charge in [0.1, 0.15) is 0 Å². The summed E-state index contributed by atoms with van der Waals surface area (Å²) >= 11 is 0. The van der Waals surface area contributed by atoms with Crippen LogP contribution in [0.1, 0.15) is 22.3 Å². The molecule has 0 N–H and O–H groups in total. The number of benzene rings is 10. The van der Waals surface area contributed by atoms with E-state index in [1.165, 1.54) is 66.4 Å². The van der Waals surface area contributed by atoms with E-state index < -0.39 is 5.41 Å². The molecule has 1 unspecified atom stereocenters. The Morgan fingerprint density at radius 1 is 0.215 bits per heavy atom. The summed E-state index contributed by atoms with van der Waals surface area (Å²) in [7, 11) is 0. The highest BCUT2D eigenvalue weighted by Crippen LogP contribution is 2.62. The third-order valence-electron chi connectivity index (χ3n) is 13.5. The van der Waals surface area contributed by atoms with Crippen LogP contribution in [0.4, 0.5) is 0 Å². The Hall–Kier alpha value is -8.53. The molecule has 0 fully saturated rings. The molecule has 0 bridgehead atoms. The summed E-state index contributed by atoms with van der Waals surface area (Å²) in [5.41, 5.74) is 19.0. The van der Waals surface area contributed by atoms with Crippen LogP contribution in [0.3, 0.4) is 0 Å². The fourth-order valence-corrected chi connectivity index (χ4v) is 10.6. The molecule has 10 aromatic carbocycles. The topological polar surface area (TPSA) is 38.7 Å². The third-order valence-corrected chi connectivity index (χ3v) is 13.5. The lowest BCUT2D eigenvalue weighted by atomic mass is 9.65. The summed E-state index contributed by atoms with van der Waals surface area (Å²) in [5, 5.41) is 2.45. The van der Waals surface area contributed by atoms with E-state index in [0.29, 0.717) is 17.5 Å². The van der Waals surface area contributed by atoms with Crippen LogP contribution in [0, 0.1) is 0 Å². The van der Waals surface area contributed by atoms with Crippen LogP contribution < -0.4 is 0 Å². The van der Waals surface area contributed by atoms with Crippen molar-refractivity contribution in [2.75, 3.05) is 0 Å². The summed E-state index contributed by atoms with van der Waals surface area (Å²) in [6, 6.07) is 85.6. The van der Waals surface area contributed by atoms with Gasteiger partial charge in [-0.15, -0.1) is 0 Å². The summed E-state index contributed by atoms with van der Waals surface area (Å²) in [6.45, 7) is 0. The quantitative estimate of drug-likeness (QED) is 0.173. The maximum Gasteiger partial charge on any atom is 0.164 e. The van der Waals surface area contributed by atoms with Crippen molar-refractivity contribution in [1.29, 1.82) is 0 Å². The highest BCUT2D eigenvalue weighted by Gasteiger charge is 2.50. The van der Waals surface area contributed by atoms with Crippen LogP contribution in [0.2, 0.25) is 0 Å². The van der Waals surface area contributed by atoms with Gasteiger partial charge >= 0.3 is 0 Å². The minimum absolute atomic E-state index is 0.618. The van der Waals surface area contributed by atoms with Crippen molar-refractivity contribution in [3.63, 3.8) is 0 Å². The number of aromatic nitrogens is 3. The van der Waals surface area contributed by atoms with E-state index in [-0.39, 0.29) is 0 Å². The van der Waals surface area contributed by atoms with Crippen LogP contribution in [0.15, 0.2) is 237 Å². The highest BCUT2D eigenvalue weighted by molar-refractivity contribution is 6.01. The lowest BCUT2D eigenvalue weighted by molar-refractivity contribution is 0.776. The maximum absolute atomic E-state index is 5.45. The summed E-state index contributed by atoms with van der Waals surface area (Å²) in [4.78, 5) is 16.1. The number of rotatable bonds is 5. The first kappa shape index (κ1) is 37.1. The molecule has 0 radical (unpaired) electrons. The number of nitrogens with zero attached hydrogens (tertiary/aromatic N) is 3. The largest absolute Gasteiger partial charge is 0.208 e. The second-order valence-corrected chi connectivity index (χ2v) is 17.1. The van der Waals surface area contributed by atoms with Crippen LogP contribution in [-0.4, -0.2) is 15.0 Å². The molecule has 65 heavy (non-hydrogen) atoms. The number of hydrogen-bond donors (Lipinski definition) is 0. The van der Waals surface area contributed by atoms with Crippen molar-refractivity contribution >= 4 is 10.8 Å². The fourth-order valence-electron chi connectivity index (χ4n) is 10.6. The van der Waals surface area contributed by atoms with E-state index in [1.807, 2.05) is 18.2 Å². The van der Waals surface area contributed by atoms with E-state index in [1.54, 1.807) is 0 Å². The van der Waals surface area contributed by atoms with E-state index in [0.717, 1.165) is 38.9 Å². The van der Waals surface area contributed by atoms with Gasteiger partial charge in [0.05, 0.1) is 5.41 Å². The zero-order chi connectivity index (χ0) is 42.9. The average molecular weight is 826 g/mol. The molecule has 1 atom stereocenters. The van der Waals surface area contributed by atoms with Gasteiger partial charge in [-0.2, -0.15) is 0 Å². The molecule has 1 heterocycles. The van der Waals surface area contributed by atoms with Gasteiger partial charge in [0.15, 0.2) is 17.5 Å². The summed E-state index contributed by atoms with van der Waals surface area (Å²) in [5.74, 6) is 1.86. The molecule has 302 valence electrons. The smallest absolute Gasteiger partial charge is 0.164 e. The maximum atomic E-state index is 5.45. The van der Waals surface area contributed by atoms with Crippen LogP contribution in [0.25, 0.3) is 101 Å². The van der Waals surface area contributed by atoms with E-state index >= 15 is 0 Å². The molecular weight excluding hydrogens is 787 g/mol. The zero-order valence-electron chi connectivity index (χ0n) is 35.4. The molecule has 11 aromatic rings. The Balaban J connectivity index is 1.11. The van der Waals surface area contributed by atoms with Crippen LogP contribution >= 0.6 is 0 Å². The highest BCUT2D eigenvalue weighted by atomic mass is 15.0. The zero-order valence-corrected chi connectivity index (χ0v) is 35.4. The van der Waals surface area contributed by atoms with Gasteiger partial charge in [0, 0.05) is 16.7 Å². The van der Waals surface area contributed by atoms with Crippen molar-refractivity contribution in [3.8, 4) is 89.8 Å². The van der Waals surface area contributed by atoms with Gasteiger partial charge < -0.3 is 0 Å². The molecule has 1 aromatic heterocycles. The first-order valence-corrected chi connectivity index (χ1v) is 22.3. The lowest BCUT2D eigenvalue weighted by Gasteiger charge is -2.35. The van der Waals surface area contributed by atoms with Crippen molar-refractivity contribution in [1.82, 2.24) is 15.0 Å². The van der Waals surface area contributed by atoms with Gasteiger partial charge in [0.25, 0.3) is 0 Å². The molecular formula is C62H39N3. The standard InChI is InChI=1S/C62H39N3/c1-4-18-40(19-5-1)46-34-47(41-20-6-2-7-21-41)36-48(35-46)61-64-59(42-22-8-3-9-23-42)63-60(65-61)45-32-33-53-50-27-13-12-26-49(50)51-28-14-16-30-55(51)62(57(53)39-45)56-31-17-15-29-52(56)54-37-43-24-10-11-25-44(43)38-58(54)62/h1-39H. The van der Waals surface area contributed by atoms with E-state index in [9.17, 15) is 0 Å². The lowest BCUT2D eigenvalue weighted by Crippen LogP contribution is -2.29. The second kappa shape index (κ2) is 14.8. The molecule has 3 nitrogen and oxygen atoms in total. The predicted octanol–water partition coefficient (Wildman–Crippen LogP) is 15.4. The van der Waals surface area contributed by atoms with Crippen LogP contribution in [0.5, 0.6) is 0 Å².